The van der Waals surface area contributed by atoms with Gasteiger partial charge in [-0.25, -0.2) is 4.79 Å². The quantitative estimate of drug-likeness (QED) is 0.440. The van der Waals surface area contributed by atoms with E-state index in [1.807, 2.05) is 0 Å². The van der Waals surface area contributed by atoms with Crippen molar-refractivity contribution in [2.75, 3.05) is 6.61 Å². The molecule has 0 unspecified atom stereocenters. The van der Waals surface area contributed by atoms with Gasteiger partial charge in [-0.3, -0.25) is 9.78 Å². The van der Waals surface area contributed by atoms with Crippen LogP contribution in [0.15, 0.2) is 24.4 Å². The zero-order valence-corrected chi connectivity index (χ0v) is 9.27. The van der Waals surface area contributed by atoms with Crippen LogP contribution in [0.25, 0.3) is 6.08 Å². The Morgan fingerprint density at radius 2 is 2.19 bits per heavy atom. The smallest absolute Gasteiger partial charge is 0.330 e. The normalized spacial score (nSPS) is 10.4. The van der Waals surface area contributed by atoms with E-state index < -0.39 is 5.97 Å². The van der Waals surface area contributed by atoms with Crippen molar-refractivity contribution in [3.05, 3.63) is 35.7 Å². The summed E-state index contributed by atoms with van der Waals surface area (Å²) in [7, 11) is 0. The SMILES string of the molecule is CCOC(=O)C=Cc1ccc(C(C)=O)nc1. The van der Waals surface area contributed by atoms with Gasteiger partial charge in [0.05, 0.1) is 6.61 Å². The summed E-state index contributed by atoms with van der Waals surface area (Å²) < 4.78 is 4.73. The molecule has 16 heavy (non-hydrogen) atoms. The van der Waals surface area contributed by atoms with Crippen LogP contribution in [-0.2, 0) is 9.53 Å². The third-order valence-electron chi connectivity index (χ3n) is 1.85. The zero-order valence-electron chi connectivity index (χ0n) is 9.27. The Bertz CT molecular complexity index is 407. The Hall–Kier alpha value is -1.97. The average molecular weight is 219 g/mol. The summed E-state index contributed by atoms with van der Waals surface area (Å²) in [5.41, 5.74) is 1.16. The first-order valence-electron chi connectivity index (χ1n) is 4.95. The van der Waals surface area contributed by atoms with Gasteiger partial charge in [-0.2, -0.15) is 0 Å². The molecule has 0 aliphatic rings. The monoisotopic (exact) mass is 219 g/mol. The molecule has 0 fully saturated rings. The van der Waals surface area contributed by atoms with Crippen LogP contribution in [0, 0.1) is 0 Å². The lowest BCUT2D eigenvalue weighted by Gasteiger charge is -1.96. The Morgan fingerprint density at radius 1 is 1.44 bits per heavy atom. The van der Waals surface area contributed by atoms with E-state index in [4.69, 9.17) is 4.74 Å². The number of ether oxygens (including phenoxy) is 1. The summed E-state index contributed by atoms with van der Waals surface area (Å²) in [5, 5.41) is 0. The van der Waals surface area contributed by atoms with Gasteiger partial charge in [-0.1, -0.05) is 6.07 Å². The van der Waals surface area contributed by atoms with E-state index in [1.165, 1.54) is 19.2 Å². The molecule has 1 aromatic heterocycles. The number of nitrogens with zero attached hydrogens (tertiary/aromatic N) is 1. The number of carbonyl (C=O) groups is 2. The molecule has 4 heteroatoms. The van der Waals surface area contributed by atoms with Crippen molar-refractivity contribution in [1.82, 2.24) is 4.98 Å². The van der Waals surface area contributed by atoms with Crippen molar-refractivity contribution < 1.29 is 14.3 Å². The van der Waals surface area contributed by atoms with Crippen molar-refractivity contribution in [2.45, 2.75) is 13.8 Å². The van der Waals surface area contributed by atoms with E-state index in [9.17, 15) is 9.59 Å². The molecule has 84 valence electrons. The van der Waals surface area contributed by atoms with E-state index in [-0.39, 0.29) is 5.78 Å². The number of Topliss-reactive ketones (excluding diaryl/α,β-unsaturated/α-hetero) is 1. The maximum atomic E-state index is 11.0. The Morgan fingerprint density at radius 3 is 2.69 bits per heavy atom. The first kappa shape index (κ1) is 12.1. The number of ketones is 1. The van der Waals surface area contributed by atoms with Crippen LogP contribution in [0.5, 0.6) is 0 Å². The predicted molar refractivity (Wildman–Crippen MR) is 59.9 cm³/mol. The predicted octanol–water partition coefficient (Wildman–Crippen LogP) is 1.86. The van der Waals surface area contributed by atoms with E-state index >= 15 is 0 Å². The molecule has 1 rings (SSSR count). The number of carbonyl (C=O) groups excluding carboxylic acids is 2. The largest absolute Gasteiger partial charge is 0.463 e. The highest BCUT2D eigenvalue weighted by Crippen LogP contribution is 2.03. The molecule has 0 radical (unpaired) electrons. The van der Waals surface area contributed by atoms with Crippen LogP contribution >= 0.6 is 0 Å². The third-order valence-corrected chi connectivity index (χ3v) is 1.85. The van der Waals surface area contributed by atoms with Gasteiger partial charge in [0.25, 0.3) is 0 Å². The minimum Gasteiger partial charge on any atom is -0.463 e. The third kappa shape index (κ3) is 3.65. The first-order valence-corrected chi connectivity index (χ1v) is 4.95. The molecule has 0 saturated carbocycles. The van der Waals surface area contributed by atoms with Crippen molar-refractivity contribution in [3.63, 3.8) is 0 Å². The fourth-order valence-corrected chi connectivity index (χ4v) is 1.07. The summed E-state index contributed by atoms with van der Waals surface area (Å²) in [6, 6.07) is 3.34. The second-order valence-electron chi connectivity index (χ2n) is 3.12. The lowest BCUT2D eigenvalue weighted by molar-refractivity contribution is -0.137. The maximum Gasteiger partial charge on any atom is 0.330 e. The Balaban J connectivity index is 2.68. The molecular formula is C12H13NO3. The Labute approximate surface area is 94.0 Å². The van der Waals surface area contributed by atoms with Crippen LogP contribution < -0.4 is 0 Å². The summed E-state index contributed by atoms with van der Waals surface area (Å²) in [5.74, 6) is -0.473. The lowest BCUT2D eigenvalue weighted by Crippen LogP contribution is -1.99. The van der Waals surface area contributed by atoms with Crippen LogP contribution in [0.2, 0.25) is 0 Å². The number of hydrogen-bond acceptors (Lipinski definition) is 4. The van der Waals surface area contributed by atoms with Crippen LogP contribution in [-0.4, -0.2) is 23.3 Å². The molecule has 0 N–H and O–H groups in total. The second-order valence-corrected chi connectivity index (χ2v) is 3.12. The van der Waals surface area contributed by atoms with Crippen LogP contribution in [0.3, 0.4) is 0 Å². The van der Waals surface area contributed by atoms with Crippen LogP contribution in [0.1, 0.15) is 29.9 Å². The van der Waals surface area contributed by atoms with Gasteiger partial charge < -0.3 is 4.74 Å². The molecule has 0 spiro atoms. The van der Waals surface area contributed by atoms with Gasteiger partial charge in [0.1, 0.15) is 5.69 Å². The fourth-order valence-electron chi connectivity index (χ4n) is 1.07. The molecule has 0 atom stereocenters. The summed E-state index contributed by atoms with van der Waals surface area (Å²) in [6.45, 7) is 3.55. The molecular weight excluding hydrogens is 206 g/mol. The lowest BCUT2D eigenvalue weighted by atomic mass is 10.2. The number of esters is 1. The average Bonchev–Trinajstić information content (AvgIpc) is 2.27. The maximum absolute atomic E-state index is 11.0. The van der Waals surface area contributed by atoms with E-state index in [0.717, 1.165) is 5.56 Å². The van der Waals surface area contributed by atoms with Crippen molar-refractivity contribution in [1.29, 1.82) is 0 Å². The molecule has 0 aliphatic heterocycles. The van der Waals surface area contributed by atoms with E-state index in [1.54, 1.807) is 25.1 Å². The molecule has 0 aliphatic carbocycles. The van der Waals surface area contributed by atoms with Gasteiger partial charge in [0.2, 0.25) is 0 Å². The van der Waals surface area contributed by atoms with E-state index in [2.05, 4.69) is 4.98 Å². The van der Waals surface area contributed by atoms with Gasteiger partial charge in [0, 0.05) is 19.2 Å². The van der Waals surface area contributed by atoms with Gasteiger partial charge in [-0.15, -0.1) is 0 Å². The Kier molecular flexibility index (Phi) is 4.39. The molecule has 0 amide bonds. The van der Waals surface area contributed by atoms with Gasteiger partial charge in [-0.05, 0) is 24.6 Å². The highest BCUT2D eigenvalue weighted by atomic mass is 16.5. The molecule has 4 nitrogen and oxygen atoms in total. The molecule has 0 saturated heterocycles. The van der Waals surface area contributed by atoms with E-state index in [0.29, 0.717) is 12.3 Å². The van der Waals surface area contributed by atoms with Crippen LogP contribution in [0.4, 0.5) is 0 Å². The summed E-state index contributed by atoms with van der Waals surface area (Å²) >= 11 is 0. The van der Waals surface area contributed by atoms with Crippen molar-refractivity contribution >= 4 is 17.8 Å². The highest BCUT2D eigenvalue weighted by molar-refractivity contribution is 5.92. The minimum atomic E-state index is -0.391. The number of pyridine rings is 1. The van der Waals surface area contributed by atoms with Gasteiger partial charge in [0.15, 0.2) is 5.78 Å². The number of hydrogen-bond donors (Lipinski definition) is 0. The standard InChI is InChI=1S/C12H13NO3/c1-3-16-12(15)7-5-10-4-6-11(9(2)14)13-8-10/h4-8H,3H2,1-2H3. The zero-order chi connectivity index (χ0) is 12.0. The topological polar surface area (TPSA) is 56.3 Å². The molecule has 1 aromatic rings. The van der Waals surface area contributed by atoms with Crippen molar-refractivity contribution in [2.24, 2.45) is 0 Å². The molecule has 0 bridgehead atoms. The van der Waals surface area contributed by atoms with Crippen molar-refractivity contribution in [3.8, 4) is 0 Å². The van der Waals surface area contributed by atoms with Gasteiger partial charge >= 0.3 is 5.97 Å². The number of rotatable bonds is 4. The molecule has 0 aromatic carbocycles. The second kappa shape index (κ2) is 5.80. The minimum absolute atomic E-state index is 0.0825. The summed E-state index contributed by atoms with van der Waals surface area (Å²) in [4.78, 5) is 25.9. The highest BCUT2D eigenvalue weighted by Gasteiger charge is 1.99. The first-order chi connectivity index (χ1) is 7.63. The summed E-state index contributed by atoms with van der Waals surface area (Å²) in [6.07, 6.45) is 4.45. The fraction of sp³-hybridized carbons (Fsp3) is 0.250. The number of aromatic nitrogens is 1. The molecule has 1 heterocycles.